The van der Waals surface area contributed by atoms with Crippen molar-refractivity contribution in [2.24, 2.45) is 0 Å². The minimum absolute atomic E-state index is 0.0961. The van der Waals surface area contributed by atoms with Crippen molar-refractivity contribution in [1.82, 2.24) is 19.9 Å². The summed E-state index contributed by atoms with van der Waals surface area (Å²) in [4.78, 5) is 4.48. The first kappa shape index (κ1) is 17.0. The molecule has 7 nitrogen and oxygen atoms in total. The van der Waals surface area contributed by atoms with Crippen LogP contribution in [0.3, 0.4) is 0 Å². The molecule has 0 unspecified atom stereocenters. The van der Waals surface area contributed by atoms with E-state index in [4.69, 9.17) is 4.52 Å². The predicted molar refractivity (Wildman–Crippen MR) is 91.1 cm³/mol. The zero-order valence-electron chi connectivity index (χ0n) is 14.7. The lowest BCUT2D eigenvalue weighted by Crippen LogP contribution is -2.27. The molecule has 7 heteroatoms. The first-order valence-electron chi connectivity index (χ1n) is 8.86. The molecule has 24 heavy (non-hydrogen) atoms. The maximum absolute atomic E-state index is 9.22. The van der Waals surface area contributed by atoms with E-state index in [0.717, 1.165) is 60.9 Å². The van der Waals surface area contributed by atoms with Crippen LogP contribution in [0.15, 0.2) is 4.52 Å². The Morgan fingerprint density at radius 3 is 2.62 bits per heavy atom. The maximum atomic E-state index is 9.22. The summed E-state index contributed by atoms with van der Waals surface area (Å²) >= 11 is 0. The Morgan fingerprint density at radius 2 is 2.00 bits per heavy atom. The highest BCUT2D eigenvalue weighted by Crippen LogP contribution is 2.33. The summed E-state index contributed by atoms with van der Waals surface area (Å²) in [5, 5.41) is 21.4. The number of nitrogens with zero attached hydrogens (tertiary/aromatic N) is 4. The van der Waals surface area contributed by atoms with Gasteiger partial charge in [0.25, 0.3) is 0 Å². The molecule has 2 N–H and O–H groups in total. The molecule has 1 saturated carbocycles. The lowest BCUT2D eigenvalue weighted by Gasteiger charge is -2.28. The van der Waals surface area contributed by atoms with Gasteiger partial charge in [-0.25, -0.2) is 4.68 Å². The van der Waals surface area contributed by atoms with Gasteiger partial charge in [-0.2, -0.15) is 10.1 Å². The third-order valence-electron chi connectivity index (χ3n) is 4.96. The van der Waals surface area contributed by atoms with Crippen molar-refractivity contribution < 1.29 is 9.63 Å². The molecular formula is C17H27N5O2. The van der Waals surface area contributed by atoms with Crippen LogP contribution in [0.4, 0.5) is 5.82 Å². The third kappa shape index (κ3) is 3.45. The molecule has 132 valence electrons. The highest BCUT2D eigenvalue weighted by Gasteiger charge is 2.27. The molecule has 1 aliphatic carbocycles. The molecule has 0 bridgehead atoms. The second-order valence-electron chi connectivity index (χ2n) is 6.60. The van der Waals surface area contributed by atoms with E-state index >= 15 is 0 Å². The summed E-state index contributed by atoms with van der Waals surface area (Å²) in [6.07, 6.45) is 5.05. The highest BCUT2D eigenvalue weighted by atomic mass is 16.5. The Morgan fingerprint density at radius 1 is 1.25 bits per heavy atom. The van der Waals surface area contributed by atoms with Gasteiger partial charge in [-0.15, -0.1) is 0 Å². The molecule has 2 aromatic heterocycles. The number of hydrogen-bond acceptors (Lipinski definition) is 6. The fraction of sp³-hybridized carbons (Fsp3) is 0.706. The van der Waals surface area contributed by atoms with Gasteiger partial charge >= 0.3 is 0 Å². The smallest absolute Gasteiger partial charge is 0.229 e. The number of hydrogen-bond donors (Lipinski definition) is 2. The van der Waals surface area contributed by atoms with Crippen molar-refractivity contribution in [3.8, 4) is 0 Å². The van der Waals surface area contributed by atoms with E-state index in [2.05, 4.69) is 27.5 Å². The maximum Gasteiger partial charge on any atom is 0.229 e. The number of aliphatic hydroxyl groups is 1. The van der Waals surface area contributed by atoms with Crippen LogP contribution in [0.2, 0.25) is 0 Å². The normalized spacial score (nSPS) is 21.2. The molecule has 2 aromatic rings. The topological polar surface area (TPSA) is 89.0 Å². The predicted octanol–water partition coefficient (Wildman–Crippen LogP) is 2.58. The zero-order chi connectivity index (χ0) is 17.1. The number of rotatable bonds is 6. The molecule has 1 aliphatic rings. The minimum atomic E-state index is 0.0961. The molecule has 0 aliphatic heterocycles. The number of aromatic nitrogens is 4. The summed E-state index contributed by atoms with van der Waals surface area (Å²) in [5.74, 6) is 3.00. The van der Waals surface area contributed by atoms with Crippen molar-refractivity contribution in [1.29, 1.82) is 0 Å². The van der Waals surface area contributed by atoms with E-state index in [0.29, 0.717) is 18.5 Å². The van der Waals surface area contributed by atoms with Gasteiger partial charge in [-0.3, -0.25) is 0 Å². The van der Waals surface area contributed by atoms with Gasteiger partial charge in [0.15, 0.2) is 5.82 Å². The Bertz CT molecular complexity index is 671. The van der Waals surface area contributed by atoms with Gasteiger partial charge < -0.3 is 14.9 Å². The number of aryl methyl sites for hydroxylation is 2. The Balaban J connectivity index is 1.61. The van der Waals surface area contributed by atoms with Crippen LogP contribution in [0.25, 0.3) is 0 Å². The molecular weight excluding hydrogens is 306 g/mol. The molecule has 0 atom stereocenters. The summed E-state index contributed by atoms with van der Waals surface area (Å²) in [6.45, 7) is 6.74. The summed E-state index contributed by atoms with van der Waals surface area (Å²) < 4.78 is 7.28. The molecule has 0 saturated heterocycles. The molecule has 0 aromatic carbocycles. The van der Waals surface area contributed by atoms with Crippen molar-refractivity contribution in [3.05, 3.63) is 23.0 Å². The van der Waals surface area contributed by atoms with Crippen LogP contribution >= 0.6 is 0 Å². The Kier molecular flexibility index (Phi) is 5.18. The monoisotopic (exact) mass is 333 g/mol. The largest absolute Gasteiger partial charge is 0.394 e. The first-order chi connectivity index (χ1) is 11.6. The fourth-order valence-electron chi connectivity index (χ4n) is 3.37. The highest BCUT2D eigenvalue weighted by molar-refractivity contribution is 5.47. The molecule has 0 radical (unpaired) electrons. The summed E-state index contributed by atoms with van der Waals surface area (Å²) in [7, 11) is 0. The van der Waals surface area contributed by atoms with Crippen molar-refractivity contribution in [2.75, 3.05) is 11.9 Å². The second kappa shape index (κ2) is 7.34. The average Bonchev–Trinajstić information content (AvgIpc) is 3.17. The van der Waals surface area contributed by atoms with Gasteiger partial charge in [0.1, 0.15) is 5.82 Å². The van der Waals surface area contributed by atoms with Gasteiger partial charge in [-0.05, 0) is 39.5 Å². The Hall–Kier alpha value is -1.89. The lowest BCUT2D eigenvalue weighted by molar-refractivity contribution is 0.269. The first-order valence-corrected chi connectivity index (χ1v) is 8.86. The van der Waals surface area contributed by atoms with E-state index in [1.807, 2.05) is 18.5 Å². The van der Waals surface area contributed by atoms with Crippen LogP contribution in [-0.2, 0) is 13.0 Å². The SMILES string of the molecule is CCc1noc(C2CCC(Nc3c(C)c(C)nn3CCO)CC2)n1. The summed E-state index contributed by atoms with van der Waals surface area (Å²) in [6, 6.07) is 0.419. The van der Waals surface area contributed by atoms with E-state index in [1.54, 1.807) is 0 Å². The van der Waals surface area contributed by atoms with E-state index < -0.39 is 0 Å². The van der Waals surface area contributed by atoms with Crippen LogP contribution in [-0.4, -0.2) is 37.7 Å². The quantitative estimate of drug-likeness (QED) is 0.844. The number of nitrogens with one attached hydrogen (secondary N) is 1. The molecule has 2 heterocycles. The van der Waals surface area contributed by atoms with Gasteiger partial charge in [0.05, 0.1) is 18.8 Å². The van der Waals surface area contributed by atoms with Crippen molar-refractivity contribution in [3.63, 3.8) is 0 Å². The third-order valence-corrected chi connectivity index (χ3v) is 4.96. The molecule has 0 spiro atoms. The molecule has 1 fully saturated rings. The Labute approximate surface area is 142 Å². The van der Waals surface area contributed by atoms with Crippen LogP contribution in [0.1, 0.15) is 61.5 Å². The average molecular weight is 333 g/mol. The summed E-state index contributed by atoms with van der Waals surface area (Å²) in [5.41, 5.74) is 2.17. The van der Waals surface area contributed by atoms with Crippen LogP contribution in [0, 0.1) is 13.8 Å². The second-order valence-corrected chi connectivity index (χ2v) is 6.60. The standard InChI is InChI=1S/C17H27N5O2/c1-4-15-19-17(24-21-15)13-5-7-14(8-6-13)18-16-11(2)12(3)20-22(16)9-10-23/h13-14,18,23H,4-10H2,1-3H3. The van der Waals surface area contributed by atoms with Crippen molar-refractivity contribution >= 4 is 5.82 Å². The zero-order valence-corrected chi connectivity index (χ0v) is 14.7. The molecule has 0 amide bonds. The fourth-order valence-corrected chi connectivity index (χ4v) is 3.37. The van der Waals surface area contributed by atoms with Crippen molar-refractivity contribution in [2.45, 2.75) is 71.4 Å². The van der Waals surface area contributed by atoms with Crippen LogP contribution in [0.5, 0.6) is 0 Å². The van der Waals surface area contributed by atoms with Crippen LogP contribution < -0.4 is 5.32 Å². The van der Waals surface area contributed by atoms with Gasteiger partial charge in [-0.1, -0.05) is 12.1 Å². The van der Waals surface area contributed by atoms with E-state index in [1.165, 1.54) is 0 Å². The number of aliphatic hydroxyl groups excluding tert-OH is 1. The van der Waals surface area contributed by atoms with Gasteiger partial charge in [0, 0.05) is 23.9 Å². The number of anilines is 1. The lowest BCUT2D eigenvalue weighted by atomic mass is 9.86. The minimum Gasteiger partial charge on any atom is -0.394 e. The van der Waals surface area contributed by atoms with E-state index in [9.17, 15) is 5.11 Å². The molecule has 3 rings (SSSR count). The van der Waals surface area contributed by atoms with Gasteiger partial charge in [0.2, 0.25) is 5.89 Å². The van der Waals surface area contributed by atoms with E-state index in [-0.39, 0.29) is 6.61 Å².